The summed E-state index contributed by atoms with van der Waals surface area (Å²) < 4.78 is 0. The molecule has 0 radical (unpaired) electrons. The van der Waals surface area contributed by atoms with Gasteiger partial charge in [0.15, 0.2) is 0 Å². The summed E-state index contributed by atoms with van der Waals surface area (Å²) in [6.07, 6.45) is 0.0434. The number of nitrogens with two attached hydrogens (primary N) is 2. The van der Waals surface area contributed by atoms with Crippen molar-refractivity contribution in [3.63, 3.8) is 0 Å². The van der Waals surface area contributed by atoms with Crippen molar-refractivity contribution in [3.8, 4) is 0 Å². The van der Waals surface area contributed by atoms with Crippen LogP contribution in [0.25, 0.3) is 10.9 Å². The molecule has 10 N–H and O–H groups in total. The molecule has 1 aromatic heterocycles. The van der Waals surface area contributed by atoms with Crippen molar-refractivity contribution in [3.05, 3.63) is 36.0 Å². The molecule has 0 unspecified atom stereocenters. The summed E-state index contributed by atoms with van der Waals surface area (Å²) >= 11 is 0. The molecule has 0 saturated carbocycles. The van der Waals surface area contributed by atoms with Crippen LogP contribution in [0.2, 0.25) is 0 Å². The number of aromatic nitrogens is 1. The number of H-pyrrole nitrogens is 1. The summed E-state index contributed by atoms with van der Waals surface area (Å²) in [7, 11) is 0. The zero-order chi connectivity index (χ0) is 28.6. The van der Waals surface area contributed by atoms with E-state index in [4.69, 9.17) is 11.5 Å². The van der Waals surface area contributed by atoms with E-state index in [0.29, 0.717) is 0 Å². The number of nitrogens with one attached hydrogen (secondary N) is 4. The molecule has 0 fully saturated rings. The SMILES string of the molecule is CC(C)C[C@H](NC(=O)[C@@H](NC(=O)[C@@H](N)Cc1c[nH]c2ccccc12)[C@@H](C)O)C(=O)N[C@@H](CC(N)=O)C(=O)O. The number of carboxylic acid groups (broad SMARTS) is 1. The average molecular weight is 533 g/mol. The highest BCUT2D eigenvalue weighted by Gasteiger charge is 2.33. The number of carboxylic acids is 1. The van der Waals surface area contributed by atoms with Gasteiger partial charge in [0.05, 0.1) is 18.6 Å². The molecule has 1 aromatic carbocycles. The van der Waals surface area contributed by atoms with Gasteiger partial charge in [-0.05, 0) is 37.3 Å². The largest absolute Gasteiger partial charge is 0.480 e. The van der Waals surface area contributed by atoms with E-state index in [9.17, 15) is 34.2 Å². The van der Waals surface area contributed by atoms with Crippen LogP contribution in [0.15, 0.2) is 30.5 Å². The van der Waals surface area contributed by atoms with Crippen molar-refractivity contribution < 1.29 is 34.2 Å². The molecular formula is C25H36N6O7. The van der Waals surface area contributed by atoms with E-state index in [1.165, 1.54) is 6.92 Å². The predicted molar refractivity (Wildman–Crippen MR) is 138 cm³/mol. The molecule has 0 aliphatic heterocycles. The van der Waals surface area contributed by atoms with Crippen LogP contribution in [-0.2, 0) is 30.4 Å². The maximum atomic E-state index is 13.0. The summed E-state index contributed by atoms with van der Waals surface area (Å²) in [5.74, 6) is -4.90. The molecule has 1 heterocycles. The summed E-state index contributed by atoms with van der Waals surface area (Å²) in [6.45, 7) is 4.85. The molecule has 13 heteroatoms. The number of aliphatic hydroxyl groups excluding tert-OH is 1. The van der Waals surface area contributed by atoms with Crippen molar-refractivity contribution in [2.45, 2.75) is 70.3 Å². The number of aliphatic carboxylic acids is 1. The summed E-state index contributed by atoms with van der Waals surface area (Å²) in [4.78, 5) is 64.3. The Balaban J connectivity index is 2.11. The topological polar surface area (TPSA) is 230 Å². The van der Waals surface area contributed by atoms with Crippen LogP contribution in [-0.4, -0.2) is 75.1 Å². The highest BCUT2D eigenvalue weighted by Crippen LogP contribution is 2.19. The van der Waals surface area contributed by atoms with E-state index in [-0.39, 0.29) is 18.8 Å². The third kappa shape index (κ3) is 8.56. The maximum Gasteiger partial charge on any atom is 0.326 e. The van der Waals surface area contributed by atoms with Gasteiger partial charge in [0.2, 0.25) is 23.6 Å². The smallest absolute Gasteiger partial charge is 0.326 e. The van der Waals surface area contributed by atoms with Crippen molar-refractivity contribution >= 4 is 40.5 Å². The fourth-order valence-corrected chi connectivity index (χ4v) is 3.93. The molecule has 0 saturated heterocycles. The van der Waals surface area contributed by atoms with Crippen molar-refractivity contribution in [1.82, 2.24) is 20.9 Å². The Labute approximate surface area is 219 Å². The van der Waals surface area contributed by atoms with E-state index in [2.05, 4.69) is 20.9 Å². The number of carbonyl (C=O) groups is 5. The number of para-hydroxylation sites is 1. The highest BCUT2D eigenvalue weighted by atomic mass is 16.4. The third-order valence-electron chi connectivity index (χ3n) is 5.87. The zero-order valence-electron chi connectivity index (χ0n) is 21.6. The van der Waals surface area contributed by atoms with Crippen LogP contribution in [0, 0.1) is 5.92 Å². The minimum absolute atomic E-state index is 0.102. The van der Waals surface area contributed by atoms with Gasteiger partial charge in [0, 0.05) is 17.1 Å². The number of amides is 4. The van der Waals surface area contributed by atoms with E-state index in [0.717, 1.165) is 16.5 Å². The molecule has 2 rings (SSSR count). The van der Waals surface area contributed by atoms with Crippen LogP contribution in [0.5, 0.6) is 0 Å². The van der Waals surface area contributed by atoms with Crippen LogP contribution in [0.3, 0.4) is 0 Å². The highest BCUT2D eigenvalue weighted by molar-refractivity contribution is 5.95. The molecule has 2 aromatic rings. The second-order valence-electron chi connectivity index (χ2n) is 9.66. The first kappa shape index (κ1) is 30.3. The van der Waals surface area contributed by atoms with E-state index in [1.54, 1.807) is 20.0 Å². The van der Waals surface area contributed by atoms with Gasteiger partial charge in [-0.3, -0.25) is 19.2 Å². The van der Waals surface area contributed by atoms with Gasteiger partial charge in [-0.15, -0.1) is 0 Å². The first-order chi connectivity index (χ1) is 17.8. The lowest BCUT2D eigenvalue weighted by atomic mass is 10.0. The Kier molecular flexibility index (Phi) is 10.8. The van der Waals surface area contributed by atoms with Crippen LogP contribution in [0.1, 0.15) is 39.2 Å². The van der Waals surface area contributed by atoms with Crippen LogP contribution >= 0.6 is 0 Å². The Bertz CT molecular complexity index is 1160. The minimum atomic E-state index is -1.58. The first-order valence-corrected chi connectivity index (χ1v) is 12.2. The van der Waals surface area contributed by atoms with Gasteiger partial charge in [-0.1, -0.05) is 32.0 Å². The van der Waals surface area contributed by atoms with E-state index < -0.39 is 66.3 Å². The Hall–Kier alpha value is -3.97. The van der Waals surface area contributed by atoms with Gasteiger partial charge in [-0.2, -0.15) is 0 Å². The molecular weight excluding hydrogens is 496 g/mol. The number of hydrogen-bond donors (Lipinski definition) is 8. The molecule has 4 amide bonds. The number of benzene rings is 1. The van der Waals surface area contributed by atoms with Gasteiger partial charge in [0.1, 0.15) is 18.1 Å². The normalized spacial score (nSPS) is 15.2. The quantitative estimate of drug-likeness (QED) is 0.148. The number of aromatic amines is 1. The summed E-state index contributed by atoms with van der Waals surface area (Å²) in [6, 6.07) is 2.22. The first-order valence-electron chi connectivity index (χ1n) is 12.2. The standard InChI is InChI=1S/C25H36N6O7/c1-12(2)8-18(23(35)30-19(25(37)38)10-20(27)33)29-24(36)21(13(3)32)31-22(34)16(26)9-14-11-28-17-7-5-4-6-15(14)17/h4-7,11-13,16,18-19,21,28,32H,8-10,26H2,1-3H3,(H2,27,33)(H,29,36)(H,30,35)(H,31,34)(H,37,38)/t13-,16+,18+,19+,21+/m1/s1. The molecule has 0 spiro atoms. The monoisotopic (exact) mass is 532 g/mol. The van der Waals surface area contributed by atoms with Crippen molar-refractivity contribution in [2.24, 2.45) is 17.4 Å². The molecule has 0 aliphatic rings. The van der Waals surface area contributed by atoms with Crippen LogP contribution in [0.4, 0.5) is 0 Å². The zero-order valence-corrected chi connectivity index (χ0v) is 21.6. The number of aliphatic hydroxyl groups is 1. The Morgan fingerprint density at radius 3 is 2.16 bits per heavy atom. The summed E-state index contributed by atoms with van der Waals surface area (Å²) in [5.41, 5.74) is 12.8. The molecule has 208 valence electrons. The van der Waals surface area contributed by atoms with E-state index in [1.807, 2.05) is 24.3 Å². The number of carbonyl (C=O) groups excluding carboxylic acids is 4. The molecule has 38 heavy (non-hydrogen) atoms. The van der Waals surface area contributed by atoms with Gasteiger partial charge < -0.3 is 42.6 Å². The maximum absolute atomic E-state index is 13.0. The molecule has 0 bridgehead atoms. The predicted octanol–water partition coefficient (Wildman–Crippen LogP) is -1.12. The third-order valence-corrected chi connectivity index (χ3v) is 5.87. The average Bonchev–Trinajstić information content (AvgIpc) is 3.23. The number of fused-ring (bicyclic) bond motifs is 1. The molecule has 5 atom stereocenters. The Morgan fingerprint density at radius 1 is 0.947 bits per heavy atom. The van der Waals surface area contributed by atoms with E-state index >= 15 is 0 Å². The van der Waals surface area contributed by atoms with Gasteiger partial charge in [0.25, 0.3) is 0 Å². The second-order valence-corrected chi connectivity index (χ2v) is 9.66. The summed E-state index contributed by atoms with van der Waals surface area (Å²) in [5, 5.41) is 27.5. The number of primary amides is 1. The minimum Gasteiger partial charge on any atom is -0.480 e. The van der Waals surface area contributed by atoms with Crippen molar-refractivity contribution in [2.75, 3.05) is 0 Å². The fraction of sp³-hybridized carbons (Fsp3) is 0.480. The fourth-order valence-electron chi connectivity index (χ4n) is 3.93. The Morgan fingerprint density at radius 2 is 1.58 bits per heavy atom. The molecule has 0 aliphatic carbocycles. The molecule has 13 nitrogen and oxygen atoms in total. The van der Waals surface area contributed by atoms with Crippen molar-refractivity contribution in [1.29, 1.82) is 0 Å². The van der Waals surface area contributed by atoms with Crippen LogP contribution < -0.4 is 27.4 Å². The van der Waals surface area contributed by atoms with Gasteiger partial charge >= 0.3 is 5.97 Å². The lowest BCUT2D eigenvalue weighted by Crippen LogP contribution is -2.60. The lowest BCUT2D eigenvalue weighted by molar-refractivity contribution is -0.144. The van der Waals surface area contributed by atoms with Gasteiger partial charge in [-0.25, -0.2) is 4.79 Å². The number of hydrogen-bond acceptors (Lipinski definition) is 7. The number of rotatable bonds is 14. The second kappa shape index (κ2) is 13.5. The lowest BCUT2D eigenvalue weighted by Gasteiger charge is -2.27.